The Morgan fingerprint density at radius 2 is 1.90 bits per heavy atom. The van der Waals surface area contributed by atoms with Crippen LogP contribution in [0, 0.1) is 5.41 Å². The number of hydrogen-bond acceptors (Lipinski definition) is 1. The van der Waals surface area contributed by atoms with Crippen molar-refractivity contribution >= 4 is 0 Å². The molecule has 1 atom stereocenters. The molecule has 1 saturated carbocycles. The average Bonchev–Trinajstić information content (AvgIpc) is 2.45. The summed E-state index contributed by atoms with van der Waals surface area (Å²) in [5.74, 6) is 0. The fourth-order valence-electron chi connectivity index (χ4n) is 2.29. The second-order valence-electron chi connectivity index (χ2n) is 4.67. The van der Waals surface area contributed by atoms with Crippen LogP contribution in [0.4, 0.5) is 0 Å². The summed E-state index contributed by atoms with van der Waals surface area (Å²) >= 11 is 0. The zero-order chi connectivity index (χ0) is 7.24. The maximum Gasteiger partial charge on any atom is 0.0921 e. The van der Waals surface area contributed by atoms with Gasteiger partial charge in [-0.15, -0.1) is 0 Å². The lowest BCUT2D eigenvalue weighted by atomic mass is 9.72. The van der Waals surface area contributed by atoms with Crippen molar-refractivity contribution in [3.05, 3.63) is 0 Å². The van der Waals surface area contributed by atoms with Gasteiger partial charge in [-0.2, -0.15) is 0 Å². The first-order valence-electron chi connectivity index (χ1n) is 4.26. The first kappa shape index (κ1) is 6.66. The molecule has 1 heterocycles. The van der Waals surface area contributed by atoms with Crippen LogP contribution in [-0.2, 0) is 4.74 Å². The van der Waals surface area contributed by atoms with Gasteiger partial charge in [0.2, 0.25) is 0 Å². The van der Waals surface area contributed by atoms with E-state index in [1.54, 1.807) is 0 Å². The molecule has 1 saturated heterocycles. The van der Waals surface area contributed by atoms with Crippen LogP contribution >= 0.6 is 0 Å². The Morgan fingerprint density at radius 1 is 1.20 bits per heavy atom. The van der Waals surface area contributed by atoms with E-state index in [1.165, 1.54) is 25.7 Å². The maximum atomic E-state index is 5.47. The van der Waals surface area contributed by atoms with E-state index >= 15 is 0 Å². The van der Waals surface area contributed by atoms with E-state index in [0.717, 1.165) is 6.61 Å². The first-order valence-corrected chi connectivity index (χ1v) is 4.26. The molecule has 1 spiro atoms. The highest BCUT2D eigenvalue weighted by molar-refractivity contribution is 4.99. The summed E-state index contributed by atoms with van der Waals surface area (Å²) in [6, 6.07) is 0. The molecule has 0 N–H and O–H groups in total. The van der Waals surface area contributed by atoms with Crippen LogP contribution in [0.2, 0.25) is 0 Å². The van der Waals surface area contributed by atoms with Crippen molar-refractivity contribution in [3.63, 3.8) is 0 Å². The summed E-state index contributed by atoms with van der Waals surface area (Å²) in [6.07, 6.45) is 5.36. The smallest absolute Gasteiger partial charge is 0.0921 e. The lowest BCUT2D eigenvalue weighted by molar-refractivity contribution is 0.135. The first-order chi connectivity index (χ1) is 4.62. The van der Waals surface area contributed by atoms with Gasteiger partial charge < -0.3 is 4.74 Å². The fourth-order valence-corrected chi connectivity index (χ4v) is 2.29. The van der Waals surface area contributed by atoms with Crippen molar-refractivity contribution in [3.8, 4) is 0 Å². The van der Waals surface area contributed by atoms with Crippen LogP contribution in [0.1, 0.15) is 39.5 Å². The number of epoxide rings is 1. The largest absolute Gasteiger partial charge is 0.370 e. The molecule has 0 aromatic heterocycles. The van der Waals surface area contributed by atoms with Gasteiger partial charge in [-0.1, -0.05) is 13.8 Å². The molecule has 2 rings (SSSR count). The minimum Gasteiger partial charge on any atom is -0.370 e. The molecule has 1 aliphatic carbocycles. The Labute approximate surface area is 62.8 Å². The number of rotatable bonds is 0. The van der Waals surface area contributed by atoms with Gasteiger partial charge in [0.05, 0.1) is 12.2 Å². The molecule has 0 radical (unpaired) electrons. The summed E-state index contributed by atoms with van der Waals surface area (Å²) in [4.78, 5) is 0. The van der Waals surface area contributed by atoms with E-state index in [1.807, 2.05) is 0 Å². The summed E-state index contributed by atoms with van der Waals surface area (Å²) in [5.41, 5.74) is 0.913. The number of hydrogen-bond donors (Lipinski definition) is 0. The molecule has 1 aliphatic heterocycles. The highest BCUT2D eigenvalue weighted by atomic mass is 16.6. The zero-order valence-electron chi connectivity index (χ0n) is 6.94. The standard InChI is InChI=1S/C9H16O/c1-8(2)4-3-5-9(6-8)7-10-9/h3-7H2,1-2H3/t9-/m1/s1. The molecule has 0 aromatic rings. The van der Waals surface area contributed by atoms with E-state index in [4.69, 9.17) is 4.74 Å². The molecule has 0 aromatic carbocycles. The third-order valence-electron chi connectivity index (χ3n) is 2.84. The van der Waals surface area contributed by atoms with Crippen LogP contribution in [0.3, 0.4) is 0 Å². The van der Waals surface area contributed by atoms with Gasteiger partial charge in [0.15, 0.2) is 0 Å². The molecular formula is C9H16O. The van der Waals surface area contributed by atoms with Crippen LogP contribution < -0.4 is 0 Å². The van der Waals surface area contributed by atoms with E-state index in [2.05, 4.69) is 13.8 Å². The molecule has 2 fully saturated rings. The molecule has 58 valence electrons. The van der Waals surface area contributed by atoms with Gasteiger partial charge >= 0.3 is 0 Å². The SMILES string of the molecule is CC1(C)CCC[C@]2(CO2)C1. The van der Waals surface area contributed by atoms with Crippen molar-refractivity contribution < 1.29 is 4.74 Å². The van der Waals surface area contributed by atoms with E-state index in [-0.39, 0.29) is 0 Å². The van der Waals surface area contributed by atoms with Crippen LogP contribution in [0.5, 0.6) is 0 Å². The Kier molecular flexibility index (Phi) is 1.17. The Morgan fingerprint density at radius 3 is 2.30 bits per heavy atom. The lowest BCUT2D eigenvalue weighted by Crippen LogP contribution is -2.28. The van der Waals surface area contributed by atoms with Gasteiger partial charge in [0.1, 0.15) is 0 Å². The van der Waals surface area contributed by atoms with Crippen LogP contribution in [-0.4, -0.2) is 12.2 Å². The highest BCUT2D eigenvalue weighted by Crippen LogP contribution is 2.49. The molecule has 1 nitrogen and oxygen atoms in total. The molecule has 0 unspecified atom stereocenters. The van der Waals surface area contributed by atoms with Crippen molar-refractivity contribution in [1.82, 2.24) is 0 Å². The van der Waals surface area contributed by atoms with Crippen molar-refractivity contribution in [2.24, 2.45) is 5.41 Å². The maximum absolute atomic E-state index is 5.47. The van der Waals surface area contributed by atoms with Gasteiger partial charge in [0.25, 0.3) is 0 Å². The summed E-state index contributed by atoms with van der Waals surface area (Å²) in [5, 5.41) is 0. The summed E-state index contributed by atoms with van der Waals surface area (Å²) in [7, 11) is 0. The van der Waals surface area contributed by atoms with Gasteiger partial charge in [-0.3, -0.25) is 0 Å². The third kappa shape index (κ3) is 1.07. The second-order valence-corrected chi connectivity index (χ2v) is 4.67. The van der Waals surface area contributed by atoms with Crippen molar-refractivity contribution in [2.75, 3.05) is 6.61 Å². The van der Waals surface area contributed by atoms with Gasteiger partial charge in [-0.05, 0) is 31.1 Å². The van der Waals surface area contributed by atoms with E-state index in [0.29, 0.717) is 11.0 Å². The fraction of sp³-hybridized carbons (Fsp3) is 1.00. The Hall–Kier alpha value is -0.0400. The minimum absolute atomic E-state index is 0.363. The highest BCUT2D eigenvalue weighted by Gasteiger charge is 2.50. The molecule has 0 amide bonds. The molecule has 2 aliphatic rings. The monoisotopic (exact) mass is 140 g/mol. The quantitative estimate of drug-likeness (QED) is 0.470. The topological polar surface area (TPSA) is 12.5 Å². The predicted octanol–water partition coefficient (Wildman–Crippen LogP) is 2.36. The van der Waals surface area contributed by atoms with E-state index in [9.17, 15) is 0 Å². The Balaban J connectivity index is 2.04. The zero-order valence-corrected chi connectivity index (χ0v) is 6.94. The normalized spacial score (nSPS) is 43.8. The average molecular weight is 140 g/mol. The van der Waals surface area contributed by atoms with Crippen molar-refractivity contribution in [1.29, 1.82) is 0 Å². The third-order valence-corrected chi connectivity index (χ3v) is 2.84. The van der Waals surface area contributed by atoms with Gasteiger partial charge in [0, 0.05) is 0 Å². The molecule has 0 bridgehead atoms. The lowest BCUT2D eigenvalue weighted by Gasteiger charge is -2.33. The molecule has 10 heavy (non-hydrogen) atoms. The predicted molar refractivity (Wildman–Crippen MR) is 40.9 cm³/mol. The minimum atomic E-state index is 0.363. The number of ether oxygens (including phenoxy) is 1. The van der Waals surface area contributed by atoms with Gasteiger partial charge in [-0.25, -0.2) is 0 Å². The summed E-state index contributed by atoms with van der Waals surface area (Å²) < 4.78 is 5.47. The second kappa shape index (κ2) is 1.76. The Bertz CT molecular complexity index is 141. The molecular weight excluding hydrogens is 124 g/mol. The summed E-state index contributed by atoms with van der Waals surface area (Å²) in [6.45, 7) is 5.75. The van der Waals surface area contributed by atoms with Crippen molar-refractivity contribution in [2.45, 2.75) is 45.1 Å². The van der Waals surface area contributed by atoms with Crippen LogP contribution in [0.25, 0.3) is 0 Å². The van der Waals surface area contributed by atoms with Crippen LogP contribution in [0.15, 0.2) is 0 Å². The molecule has 1 heteroatoms. The van der Waals surface area contributed by atoms with E-state index < -0.39 is 0 Å².